The first-order valence-corrected chi connectivity index (χ1v) is 4.81. The maximum atomic E-state index is 12.7. The average Bonchev–Trinajstić information content (AvgIpc) is 2.15. The molecule has 17 heavy (non-hydrogen) atoms. The minimum absolute atomic E-state index is 0.189. The molecule has 0 radical (unpaired) electrons. The van der Waals surface area contributed by atoms with E-state index in [0.717, 1.165) is 24.3 Å². The van der Waals surface area contributed by atoms with Crippen molar-refractivity contribution in [1.29, 1.82) is 0 Å². The fourth-order valence-corrected chi connectivity index (χ4v) is 1.44. The third-order valence-electron chi connectivity index (χ3n) is 2.20. The summed E-state index contributed by atoms with van der Waals surface area (Å²) in [5, 5.41) is 18.2. The van der Waals surface area contributed by atoms with Crippen LogP contribution in [-0.4, -0.2) is 22.4 Å². The van der Waals surface area contributed by atoms with E-state index in [1.807, 2.05) is 0 Å². The predicted octanol–water partition coefficient (Wildman–Crippen LogP) is 2.56. The van der Waals surface area contributed by atoms with Gasteiger partial charge in [0.25, 0.3) is 0 Å². The van der Waals surface area contributed by atoms with Gasteiger partial charge in [-0.1, -0.05) is 23.7 Å². The molecule has 7 heteroatoms. The highest BCUT2D eigenvalue weighted by atomic mass is 35.5. The third-order valence-corrected chi connectivity index (χ3v) is 2.45. The molecule has 94 valence electrons. The van der Waals surface area contributed by atoms with Crippen molar-refractivity contribution in [2.24, 2.45) is 0 Å². The van der Waals surface area contributed by atoms with Crippen LogP contribution in [0.5, 0.6) is 0 Å². The Balaban J connectivity index is 3.24. The summed E-state index contributed by atoms with van der Waals surface area (Å²) in [7, 11) is 0. The predicted molar refractivity (Wildman–Crippen MR) is 53.7 cm³/mol. The molecule has 0 aliphatic rings. The molecule has 1 rings (SSSR count). The van der Waals surface area contributed by atoms with E-state index in [1.54, 1.807) is 0 Å². The Morgan fingerprint density at radius 1 is 1.24 bits per heavy atom. The van der Waals surface area contributed by atoms with Crippen LogP contribution in [0.15, 0.2) is 24.3 Å². The highest BCUT2D eigenvalue weighted by Crippen LogP contribution is 2.41. The Kier molecular flexibility index (Phi) is 3.68. The van der Waals surface area contributed by atoms with Crippen molar-refractivity contribution in [3.05, 3.63) is 34.9 Å². The minimum Gasteiger partial charge on any atom is -0.481 e. The second kappa shape index (κ2) is 4.54. The number of hydrogen-bond donors (Lipinski definition) is 2. The number of alkyl halides is 3. The van der Waals surface area contributed by atoms with E-state index in [0.29, 0.717) is 0 Å². The summed E-state index contributed by atoms with van der Waals surface area (Å²) < 4.78 is 38.1. The number of halogens is 4. The number of carboxylic acid groups (broad SMARTS) is 1. The Bertz CT molecular complexity index is 416. The van der Waals surface area contributed by atoms with Crippen LogP contribution in [0.3, 0.4) is 0 Å². The molecule has 3 nitrogen and oxygen atoms in total. The second-order valence-corrected chi connectivity index (χ2v) is 3.87. The second-order valence-electron chi connectivity index (χ2n) is 3.44. The smallest absolute Gasteiger partial charge is 0.422 e. The maximum Gasteiger partial charge on any atom is 0.422 e. The Morgan fingerprint density at radius 2 is 1.71 bits per heavy atom. The van der Waals surface area contributed by atoms with Crippen LogP contribution >= 0.6 is 11.6 Å². The van der Waals surface area contributed by atoms with E-state index in [9.17, 15) is 23.1 Å². The van der Waals surface area contributed by atoms with Crippen LogP contribution in [0, 0.1) is 0 Å². The SMILES string of the molecule is O=C(O)CC(O)(c1ccc(Cl)cc1)C(F)(F)F. The van der Waals surface area contributed by atoms with Crippen LogP contribution in [0.4, 0.5) is 13.2 Å². The van der Waals surface area contributed by atoms with Crippen LogP contribution < -0.4 is 0 Å². The summed E-state index contributed by atoms with van der Waals surface area (Å²) in [6, 6.07) is 4.18. The standard InChI is InChI=1S/C10H8ClF3O3/c11-7-3-1-6(2-4-7)9(17,5-8(15)16)10(12,13)14/h1-4,17H,5H2,(H,15,16). The van der Waals surface area contributed by atoms with Gasteiger partial charge in [0, 0.05) is 5.02 Å². The molecule has 0 spiro atoms. The number of carbonyl (C=O) groups is 1. The van der Waals surface area contributed by atoms with Gasteiger partial charge in [0.15, 0.2) is 5.60 Å². The van der Waals surface area contributed by atoms with Gasteiger partial charge in [-0.2, -0.15) is 13.2 Å². The summed E-state index contributed by atoms with van der Waals surface area (Å²) in [4.78, 5) is 10.4. The third kappa shape index (κ3) is 2.89. The van der Waals surface area contributed by atoms with Crippen molar-refractivity contribution < 1.29 is 28.2 Å². The molecule has 0 bridgehead atoms. The van der Waals surface area contributed by atoms with Crippen molar-refractivity contribution in [1.82, 2.24) is 0 Å². The van der Waals surface area contributed by atoms with Crippen LogP contribution in [0.25, 0.3) is 0 Å². The van der Waals surface area contributed by atoms with Gasteiger partial charge in [-0.3, -0.25) is 4.79 Å². The number of aliphatic hydroxyl groups is 1. The van der Waals surface area contributed by atoms with Crippen molar-refractivity contribution in [2.45, 2.75) is 18.2 Å². The molecule has 0 fully saturated rings. The fourth-order valence-electron chi connectivity index (χ4n) is 1.31. The number of rotatable bonds is 3. The minimum atomic E-state index is -5.08. The first-order valence-electron chi connectivity index (χ1n) is 4.44. The largest absolute Gasteiger partial charge is 0.481 e. The topological polar surface area (TPSA) is 57.5 Å². The molecule has 1 atom stereocenters. The molecule has 0 aromatic heterocycles. The molecule has 2 N–H and O–H groups in total. The zero-order chi connectivity index (χ0) is 13.3. The molecule has 0 heterocycles. The van der Waals surface area contributed by atoms with E-state index < -0.39 is 29.7 Å². The van der Waals surface area contributed by atoms with Crippen molar-refractivity contribution in [2.75, 3.05) is 0 Å². The zero-order valence-corrected chi connectivity index (χ0v) is 9.09. The monoisotopic (exact) mass is 268 g/mol. The van der Waals surface area contributed by atoms with E-state index in [1.165, 1.54) is 0 Å². The molecule has 0 saturated heterocycles. The van der Waals surface area contributed by atoms with Gasteiger partial charge >= 0.3 is 12.1 Å². The fraction of sp³-hybridized carbons (Fsp3) is 0.300. The molecule has 0 aliphatic heterocycles. The highest BCUT2D eigenvalue weighted by Gasteiger charge is 2.56. The van der Waals surface area contributed by atoms with Gasteiger partial charge in [-0.25, -0.2) is 0 Å². The van der Waals surface area contributed by atoms with Crippen molar-refractivity contribution in [3.8, 4) is 0 Å². The van der Waals surface area contributed by atoms with E-state index in [4.69, 9.17) is 16.7 Å². The Hall–Kier alpha value is -1.27. The van der Waals surface area contributed by atoms with Gasteiger partial charge < -0.3 is 10.2 Å². The van der Waals surface area contributed by atoms with Gasteiger partial charge in [0.05, 0.1) is 6.42 Å². The van der Waals surface area contributed by atoms with Crippen molar-refractivity contribution >= 4 is 17.6 Å². The molecule has 0 saturated carbocycles. The van der Waals surface area contributed by atoms with E-state index >= 15 is 0 Å². The maximum absolute atomic E-state index is 12.7. The molecule has 0 amide bonds. The Morgan fingerprint density at radius 3 is 2.06 bits per heavy atom. The quantitative estimate of drug-likeness (QED) is 0.886. The first kappa shape index (κ1) is 13.8. The molecule has 1 unspecified atom stereocenters. The average molecular weight is 269 g/mol. The summed E-state index contributed by atoms with van der Waals surface area (Å²) in [6.45, 7) is 0. The Labute approximate surface area is 99.4 Å². The molecule has 1 aromatic rings. The van der Waals surface area contributed by atoms with Crippen LogP contribution in [-0.2, 0) is 10.4 Å². The lowest BCUT2D eigenvalue weighted by Crippen LogP contribution is -2.44. The van der Waals surface area contributed by atoms with Gasteiger partial charge in [0.2, 0.25) is 0 Å². The number of carboxylic acids is 1. The van der Waals surface area contributed by atoms with Gasteiger partial charge in [-0.15, -0.1) is 0 Å². The number of hydrogen-bond acceptors (Lipinski definition) is 2. The van der Waals surface area contributed by atoms with Crippen molar-refractivity contribution in [3.63, 3.8) is 0 Å². The molecular formula is C10H8ClF3O3. The van der Waals surface area contributed by atoms with Gasteiger partial charge in [0.1, 0.15) is 0 Å². The normalized spacial score (nSPS) is 15.4. The highest BCUT2D eigenvalue weighted by molar-refractivity contribution is 6.30. The molecule has 1 aromatic carbocycles. The van der Waals surface area contributed by atoms with Gasteiger partial charge in [-0.05, 0) is 17.7 Å². The zero-order valence-electron chi connectivity index (χ0n) is 8.33. The lowest BCUT2D eigenvalue weighted by Gasteiger charge is -2.29. The van der Waals surface area contributed by atoms with Crippen LogP contribution in [0.1, 0.15) is 12.0 Å². The van der Waals surface area contributed by atoms with E-state index in [2.05, 4.69) is 0 Å². The summed E-state index contributed by atoms with van der Waals surface area (Å²) in [5.41, 5.74) is -3.97. The van der Waals surface area contributed by atoms with Crippen LogP contribution in [0.2, 0.25) is 5.02 Å². The first-order chi connectivity index (χ1) is 7.67. The molecule has 0 aliphatic carbocycles. The number of benzene rings is 1. The number of aliphatic carboxylic acids is 1. The lowest BCUT2D eigenvalue weighted by atomic mass is 9.90. The van der Waals surface area contributed by atoms with E-state index in [-0.39, 0.29) is 5.02 Å². The summed E-state index contributed by atoms with van der Waals surface area (Å²) in [5.74, 6) is -1.75. The summed E-state index contributed by atoms with van der Waals surface area (Å²) in [6.07, 6.45) is -6.54. The summed E-state index contributed by atoms with van der Waals surface area (Å²) >= 11 is 5.50. The molecular weight excluding hydrogens is 261 g/mol. The lowest BCUT2D eigenvalue weighted by molar-refractivity contribution is -0.269.